The normalized spacial score (nSPS) is 22.4. The van der Waals surface area contributed by atoms with Gasteiger partial charge in [0.25, 0.3) is 0 Å². The molecule has 1 aliphatic heterocycles. The lowest BCUT2D eigenvalue weighted by Crippen LogP contribution is -2.33. The number of halogens is 3. The average molecular weight is 479 g/mol. The molecule has 2 aromatic rings. The molecule has 9 heteroatoms. The monoisotopic (exact) mass is 478 g/mol. The summed E-state index contributed by atoms with van der Waals surface area (Å²) >= 11 is 0. The Labute approximate surface area is 196 Å². The average Bonchev–Trinajstić information content (AvgIpc) is 3.25. The molecule has 6 nitrogen and oxygen atoms in total. The van der Waals surface area contributed by atoms with Gasteiger partial charge in [-0.3, -0.25) is 4.90 Å². The van der Waals surface area contributed by atoms with Crippen molar-refractivity contribution in [3.05, 3.63) is 65.0 Å². The van der Waals surface area contributed by atoms with Gasteiger partial charge in [0, 0.05) is 56.9 Å². The Morgan fingerprint density at radius 1 is 1.12 bits per heavy atom. The van der Waals surface area contributed by atoms with Gasteiger partial charge >= 0.3 is 5.97 Å². The lowest BCUT2D eigenvalue weighted by atomic mass is 10.1. The van der Waals surface area contributed by atoms with Crippen molar-refractivity contribution < 1.29 is 32.5 Å². The molecule has 4 rings (SSSR count). The van der Waals surface area contributed by atoms with E-state index in [4.69, 9.17) is 9.47 Å². The fourth-order valence-corrected chi connectivity index (χ4v) is 4.72. The Morgan fingerprint density at radius 2 is 1.79 bits per heavy atom. The van der Waals surface area contributed by atoms with Crippen molar-refractivity contribution in [2.45, 2.75) is 32.0 Å². The molecule has 1 aliphatic carbocycles. The van der Waals surface area contributed by atoms with Crippen LogP contribution in [0.1, 0.15) is 18.1 Å². The number of hydrogen-bond donors (Lipinski definition) is 2. The quantitative estimate of drug-likeness (QED) is 0.361. The fraction of sp³-hybridized carbons (Fsp3) is 0.480. The largest absolute Gasteiger partial charge is 0.492 e. The number of nitrogens with zero attached hydrogens (tertiary/aromatic N) is 1. The van der Waals surface area contributed by atoms with E-state index in [9.17, 15) is 23.1 Å². The van der Waals surface area contributed by atoms with E-state index in [0.717, 1.165) is 24.7 Å². The van der Waals surface area contributed by atoms with E-state index in [-0.39, 0.29) is 12.1 Å². The van der Waals surface area contributed by atoms with E-state index in [1.807, 2.05) is 24.3 Å². The van der Waals surface area contributed by atoms with E-state index in [1.54, 1.807) is 6.92 Å². The summed E-state index contributed by atoms with van der Waals surface area (Å²) in [5.74, 6) is -2.22. The van der Waals surface area contributed by atoms with Crippen molar-refractivity contribution in [1.29, 1.82) is 0 Å². The summed E-state index contributed by atoms with van der Waals surface area (Å²) < 4.78 is 51.4. The maximum Gasteiger partial charge on any atom is 0.333 e. The Bertz CT molecular complexity index is 992. The number of benzene rings is 2. The smallest absolute Gasteiger partial charge is 0.333 e. The number of piperidine rings is 1. The third-order valence-electron chi connectivity index (χ3n) is 6.49. The number of carbonyl (C=O) groups is 1. The van der Waals surface area contributed by atoms with Crippen LogP contribution in [0.4, 0.5) is 13.2 Å². The first-order valence-electron chi connectivity index (χ1n) is 11.5. The molecule has 0 bridgehead atoms. The minimum absolute atomic E-state index is 0.181. The maximum absolute atomic E-state index is 13.9. The minimum Gasteiger partial charge on any atom is -0.492 e. The van der Waals surface area contributed by atoms with Crippen molar-refractivity contribution in [3.8, 4) is 5.75 Å². The van der Waals surface area contributed by atoms with Crippen molar-refractivity contribution in [3.63, 3.8) is 0 Å². The lowest BCUT2D eigenvalue weighted by molar-refractivity contribution is -0.149. The molecule has 2 aliphatic rings. The van der Waals surface area contributed by atoms with Gasteiger partial charge in [-0.15, -0.1) is 0 Å². The van der Waals surface area contributed by atoms with Crippen molar-refractivity contribution in [2.75, 3.05) is 32.8 Å². The zero-order valence-corrected chi connectivity index (χ0v) is 19.0. The molecular formula is C25H29F3N2O4. The predicted octanol–water partition coefficient (Wildman–Crippen LogP) is 3.23. The number of rotatable bonds is 12. The summed E-state index contributed by atoms with van der Waals surface area (Å²) in [5.41, 5.74) is 1.05. The van der Waals surface area contributed by atoms with Gasteiger partial charge in [-0.25, -0.2) is 18.0 Å². The van der Waals surface area contributed by atoms with Crippen LogP contribution in [0, 0.1) is 29.3 Å². The molecule has 184 valence electrons. The van der Waals surface area contributed by atoms with E-state index < -0.39 is 29.5 Å². The summed E-state index contributed by atoms with van der Waals surface area (Å²) in [6.45, 7) is 5.16. The molecule has 4 atom stereocenters. The van der Waals surface area contributed by atoms with Crippen LogP contribution in [-0.4, -0.2) is 61.0 Å². The number of nitrogens with one attached hydrogen (secondary N) is 1. The Hall–Kier alpha value is -2.62. The Morgan fingerprint density at radius 3 is 2.44 bits per heavy atom. The highest BCUT2D eigenvalue weighted by molar-refractivity contribution is 5.72. The number of ether oxygens (including phenoxy) is 2. The number of fused-ring (bicyclic) bond motifs is 1. The second-order valence-corrected chi connectivity index (χ2v) is 8.84. The molecule has 1 saturated carbocycles. The Balaban J connectivity index is 1.14. The van der Waals surface area contributed by atoms with Gasteiger partial charge < -0.3 is 19.9 Å². The first-order chi connectivity index (χ1) is 16.4. The van der Waals surface area contributed by atoms with Crippen LogP contribution in [0.3, 0.4) is 0 Å². The number of aliphatic carboxylic acids is 1. The fourth-order valence-electron chi connectivity index (χ4n) is 4.72. The summed E-state index contributed by atoms with van der Waals surface area (Å²) in [6.07, 6.45) is -0.555. The highest BCUT2D eigenvalue weighted by Crippen LogP contribution is 2.45. The predicted molar refractivity (Wildman–Crippen MR) is 119 cm³/mol. The third-order valence-corrected chi connectivity index (χ3v) is 6.49. The van der Waals surface area contributed by atoms with E-state index in [1.165, 1.54) is 0 Å². The second-order valence-electron chi connectivity index (χ2n) is 8.84. The van der Waals surface area contributed by atoms with Gasteiger partial charge in [0.05, 0.1) is 0 Å². The molecule has 0 amide bonds. The van der Waals surface area contributed by atoms with Crippen molar-refractivity contribution in [2.24, 2.45) is 11.8 Å². The van der Waals surface area contributed by atoms with E-state index >= 15 is 0 Å². The highest BCUT2D eigenvalue weighted by atomic mass is 19.2. The first-order valence-corrected chi connectivity index (χ1v) is 11.5. The topological polar surface area (TPSA) is 71.0 Å². The number of carboxylic acid groups (broad SMARTS) is 1. The van der Waals surface area contributed by atoms with Gasteiger partial charge in [0.15, 0.2) is 17.7 Å². The molecule has 1 saturated heterocycles. The van der Waals surface area contributed by atoms with Crippen LogP contribution in [-0.2, 0) is 22.5 Å². The van der Waals surface area contributed by atoms with Crippen molar-refractivity contribution >= 4 is 5.97 Å². The molecule has 2 fully saturated rings. The van der Waals surface area contributed by atoms with E-state index in [2.05, 4.69) is 10.2 Å². The molecule has 0 spiro atoms. The zero-order chi connectivity index (χ0) is 24.2. The molecule has 2 N–H and O–H groups in total. The minimum atomic E-state index is -1.17. The van der Waals surface area contributed by atoms with Crippen LogP contribution >= 0.6 is 0 Å². The summed E-state index contributed by atoms with van der Waals surface area (Å²) in [5, 5.41) is 12.7. The number of likely N-dealkylation sites (tertiary alicyclic amines) is 1. The van der Waals surface area contributed by atoms with Crippen LogP contribution in [0.5, 0.6) is 5.75 Å². The molecule has 0 radical (unpaired) electrons. The van der Waals surface area contributed by atoms with Crippen LogP contribution < -0.4 is 10.1 Å². The van der Waals surface area contributed by atoms with Crippen molar-refractivity contribution in [1.82, 2.24) is 10.2 Å². The molecule has 34 heavy (non-hydrogen) atoms. The summed E-state index contributed by atoms with van der Waals surface area (Å²) in [6, 6.07) is 9.26. The maximum atomic E-state index is 13.9. The van der Waals surface area contributed by atoms with Gasteiger partial charge in [0.1, 0.15) is 18.2 Å². The third kappa shape index (κ3) is 5.89. The molecule has 0 aromatic heterocycles. The molecule has 1 unspecified atom stereocenters. The van der Waals surface area contributed by atoms with Crippen LogP contribution in [0.15, 0.2) is 36.4 Å². The molecule has 1 heterocycles. The van der Waals surface area contributed by atoms with E-state index in [0.29, 0.717) is 55.9 Å². The zero-order valence-electron chi connectivity index (χ0n) is 19.0. The van der Waals surface area contributed by atoms with Gasteiger partial charge in [-0.05, 0) is 42.5 Å². The number of carboxylic acids is 1. The van der Waals surface area contributed by atoms with Crippen LogP contribution in [0.25, 0.3) is 0 Å². The van der Waals surface area contributed by atoms with Crippen LogP contribution in [0.2, 0.25) is 0 Å². The lowest BCUT2D eigenvalue weighted by Gasteiger charge is -2.20. The highest BCUT2D eigenvalue weighted by Gasteiger charge is 2.55. The summed E-state index contributed by atoms with van der Waals surface area (Å²) in [4.78, 5) is 13.3. The standard InChI is InChI=1S/C25H29F3N2O4/c1-2-33-23(25(31)32)9-15-3-5-17(6-4-15)34-8-7-29-24-18-13-30(14-19(18)24)12-16-10-21(27)22(28)11-20(16)26/h3-6,10-11,18-19,23-24,29H,2,7-9,12-14H2,1H3,(H,31,32)/t18-,19+,23-,24?/m1/s1. The second kappa shape index (κ2) is 10.8. The summed E-state index contributed by atoms with van der Waals surface area (Å²) in [7, 11) is 0. The molecular weight excluding hydrogens is 449 g/mol. The first kappa shape index (κ1) is 24.5. The van der Waals surface area contributed by atoms with Gasteiger partial charge in [-0.2, -0.15) is 0 Å². The Kier molecular flexibility index (Phi) is 7.75. The number of hydrogen-bond acceptors (Lipinski definition) is 5. The van der Waals surface area contributed by atoms with Gasteiger partial charge in [-0.1, -0.05) is 12.1 Å². The van der Waals surface area contributed by atoms with Gasteiger partial charge in [0.2, 0.25) is 0 Å². The SMILES string of the molecule is CCO[C@H](Cc1ccc(OCCNC2[C@H]3CN(Cc4cc(F)c(F)cc4F)C[C@@H]23)cc1)C(=O)O. The molecule has 2 aromatic carbocycles.